The van der Waals surface area contributed by atoms with Crippen molar-refractivity contribution < 1.29 is 54.3 Å². The highest BCUT2D eigenvalue weighted by molar-refractivity contribution is 5.81. The first-order chi connectivity index (χ1) is 42.7. The summed E-state index contributed by atoms with van der Waals surface area (Å²) in [6.07, 6.45) is 17.2. The van der Waals surface area contributed by atoms with E-state index < -0.39 is 46.5 Å². The van der Waals surface area contributed by atoms with Crippen molar-refractivity contribution in [1.29, 1.82) is 0 Å². The second kappa shape index (κ2) is 36.0. The van der Waals surface area contributed by atoms with E-state index in [0.29, 0.717) is 104 Å². The smallest absolute Gasteiger partial charge is 0.223 e. The normalized spacial score (nSPS) is 17.2. The maximum Gasteiger partial charge on any atom is 0.223 e. The van der Waals surface area contributed by atoms with Crippen LogP contribution in [-0.4, -0.2) is 45.8 Å². The highest BCUT2D eigenvalue weighted by Crippen LogP contribution is 2.43. The SMILES string of the molecule is C=C(C)CC(CCc1cc(F)cc(F)c1)C(=O)NC(C)(C)C.CC(C)(C)NC(=O)C(CCc1cc(F)cc(F)c1)CC1CCC1.CC(C)(C)NC(=O)C(CCc1cc(F)cc(F)c1)CC1CCCC1.CC1CC1CC(CCc1cc(F)cc(F)c1)C(=O)NC(C)(C)C. The molecule has 512 valence electrons. The predicted octanol–water partition coefficient (Wildman–Crippen LogP) is 18.5. The Kier molecular flexibility index (Phi) is 30.7. The van der Waals surface area contributed by atoms with Gasteiger partial charge in [-0.2, -0.15) is 0 Å². The number of benzene rings is 4. The molecule has 6 unspecified atom stereocenters. The maximum absolute atomic E-state index is 13.3. The lowest BCUT2D eigenvalue weighted by atomic mass is 9.77. The molecule has 0 aliphatic heterocycles. The maximum atomic E-state index is 13.3. The summed E-state index contributed by atoms with van der Waals surface area (Å²) in [5.41, 5.74) is 2.21. The van der Waals surface area contributed by atoms with Gasteiger partial charge in [-0.1, -0.05) is 57.4 Å². The molecule has 0 radical (unpaired) electrons. The van der Waals surface area contributed by atoms with Gasteiger partial charge < -0.3 is 21.3 Å². The second-order valence-electron chi connectivity index (χ2n) is 30.8. The molecule has 0 aromatic heterocycles. The Hall–Kier alpha value is -6.06. The summed E-state index contributed by atoms with van der Waals surface area (Å²) in [4.78, 5) is 50.0. The monoisotopic (exact) mass is 1290 g/mol. The molecule has 3 fully saturated rings. The van der Waals surface area contributed by atoms with Gasteiger partial charge in [0, 0.05) is 70.1 Å². The van der Waals surface area contributed by atoms with Crippen molar-refractivity contribution in [2.45, 2.75) is 248 Å². The van der Waals surface area contributed by atoms with Gasteiger partial charge in [0.15, 0.2) is 0 Å². The van der Waals surface area contributed by atoms with E-state index in [2.05, 4.69) is 34.8 Å². The van der Waals surface area contributed by atoms with Crippen molar-refractivity contribution in [1.82, 2.24) is 21.3 Å². The summed E-state index contributed by atoms with van der Waals surface area (Å²) in [6, 6.07) is 14.2. The van der Waals surface area contributed by atoms with Crippen LogP contribution in [0.15, 0.2) is 84.9 Å². The molecule has 4 amide bonds. The van der Waals surface area contributed by atoms with Gasteiger partial charge in [0.25, 0.3) is 0 Å². The van der Waals surface area contributed by atoms with Crippen LogP contribution in [0.2, 0.25) is 0 Å². The Balaban J connectivity index is 0.000000262. The molecule has 0 spiro atoms. The van der Waals surface area contributed by atoms with Gasteiger partial charge in [-0.05, 0) is 268 Å². The van der Waals surface area contributed by atoms with Crippen LogP contribution < -0.4 is 21.3 Å². The molecule has 4 N–H and O–H groups in total. The van der Waals surface area contributed by atoms with E-state index in [1.54, 1.807) is 0 Å². The molecule has 3 aliphatic carbocycles. The molecule has 16 heteroatoms. The van der Waals surface area contributed by atoms with Crippen LogP contribution in [-0.2, 0) is 44.9 Å². The van der Waals surface area contributed by atoms with Crippen molar-refractivity contribution >= 4 is 23.6 Å². The highest BCUT2D eigenvalue weighted by Gasteiger charge is 2.37. The van der Waals surface area contributed by atoms with Crippen LogP contribution in [0.3, 0.4) is 0 Å². The predicted molar refractivity (Wildman–Crippen MR) is 354 cm³/mol. The summed E-state index contributed by atoms with van der Waals surface area (Å²) < 4.78 is 106. The largest absolute Gasteiger partial charge is 0.351 e. The average molecular weight is 1290 g/mol. The minimum Gasteiger partial charge on any atom is -0.351 e. The fourth-order valence-electron chi connectivity index (χ4n) is 12.0. The zero-order valence-electron chi connectivity index (χ0n) is 57.6. The van der Waals surface area contributed by atoms with Crippen LogP contribution in [0.4, 0.5) is 35.1 Å². The molecule has 6 atom stereocenters. The number of aryl methyl sites for hydroxylation is 4. The summed E-state index contributed by atoms with van der Waals surface area (Å²) in [5.74, 6) is -2.45. The Morgan fingerprint density at radius 1 is 0.402 bits per heavy atom. The van der Waals surface area contributed by atoms with Crippen molar-refractivity contribution in [3.63, 3.8) is 0 Å². The Morgan fingerprint density at radius 2 is 0.630 bits per heavy atom. The van der Waals surface area contributed by atoms with Crippen molar-refractivity contribution in [2.75, 3.05) is 0 Å². The van der Waals surface area contributed by atoms with Crippen molar-refractivity contribution in [2.24, 2.45) is 47.3 Å². The number of rotatable bonds is 24. The number of carbonyl (C=O) groups is 4. The molecule has 4 aromatic rings. The summed E-state index contributed by atoms with van der Waals surface area (Å²) >= 11 is 0. The number of nitrogens with one attached hydrogen (secondary N) is 4. The lowest BCUT2D eigenvalue weighted by Gasteiger charge is -2.31. The van der Waals surface area contributed by atoms with Crippen LogP contribution in [0.25, 0.3) is 0 Å². The molecule has 4 aromatic carbocycles. The van der Waals surface area contributed by atoms with E-state index in [0.717, 1.165) is 49.1 Å². The zero-order chi connectivity index (χ0) is 68.9. The first-order valence-corrected chi connectivity index (χ1v) is 33.4. The van der Waals surface area contributed by atoms with Crippen LogP contribution in [0, 0.1) is 93.9 Å². The summed E-state index contributed by atoms with van der Waals surface area (Å²) in [5, 5.41) is 12.1. The lowest BCUT2D eigenvalue weighted by molar-refractivity contribution is -0.128. The highest BCUT2D eigenvalue weighted by atomic mass is 19.2. The Bertz CT molecular complexity index is 2850. The summed E-state index contributed by atoms with van der Waals surface area (Å²) in [7, 11) is 0. The van der Waals surface area contributed by atoms with Gasteiger partial charge in [0.1, 0.15) is 46.5 Å². The molecular weight excluding hydrogens is 1180 g/mol. The minimum absolute atomic E-state index is 0.0487. The first-order valence-electron chi connectivity index (χ1n) is 33.4. The van der Waals surface area contributed by atoms with Gasteiger partial charge in [-0.25, -0.2) is 35.1 Å². The minimum atomic E-state index is -0.592. The zero-order valence-corrected chi connectivity index (χ0v) is 57.6. The van der Waals surface area contributed by atoms with Gasteiger partial charge in [0.2, 0.25) is 23.6 Å². The van der Waals surface area contributed by atoms with E-state index in [4.69, 9.17) is 0 Å². The first kappa shape index (κ1) is 78.4. The number of halogens is 8. The second-order valence-corrected chi connectivity index (χ2v) is 30.8. The molecule has 3 aliphatic rings. The third kappa shape index (κ3) is 32.7. The van der Waals surface area contributed by atoms with E-state index in [1.165, 1.54) is 99.9 Å². The quantitative estimate of drug-likeness (QED) is 0.0413. The van der Waals surface area contributed by atoms with Gasteiger partial charge in [0.05, 0.1) is 0 Å². The fourth-order valence-corrected chi connectivity index (χ4v) is 12.0. The van der Waals surface area contributed by atoms with E-state index in [1.807, 2.05) is 90.0 Å². The molecule has 0 bridgehead atoms. The number of carbonyl (C=O) groups excluding carboxylic acids is 4. The molecule has 7 rings (SSSR count). The lowest BCUT2D eigenvalue weighted by Crippen LogP contribution is -2.44. The summed E-state index contributed by atoms with van der Waals surface area (Å²) in [6.45, 7) is 31.4. The van der Waals surface area contributed by atoms with E-state index in [-0.39, 0.29) is 69.5 Å². The van der Waals surface area contributed by atoms with Crippen LogP contribution >= 0.6 is 0 Å². The topological polar surface area (TPSA) is 116 Å². The Labute approximate surface area is 545 Å². The third-order valence-corrected chi connectivity index (χ3v) is 16.7. The number of hydrogen-bond donors (Lipinski definition) is 4. The van der Waals surface area contributed by atoms with Crippen molar-refractivity contribution in [3.8, 4) is 0 Å². The molecule has 92 heavy (non-hydrogen) atoms. The van der Waals surface area contributed by atoms with Crippen molar-refractivity contribution in [3.05, 3.63) is 154 Å². The molecule has 3 saturated carbocycles. The third-order valence-electron chi connectivity index (χ3n) is 16.7. The molecule has 8 nitrogen and oxygen atoms in total. The van der Waals surface area contributed by atoms with Gasteiger partial charge in [-0.3, -0.25) is 19.2 Å². The number of hydrogen-bond acceptors (Lipinski definition) is 4. The van der Waals surface area contributed by atoms with E-state index in [9.17, 15) is 54.3 Å². The average Bonchev–Trinajstić information content (AvgIpc) is 1.65. The van der Waals surface area contributed by atoms with Crippen LogP contribution in [0.5, 0.6) is 0 Å². The number of allylic oxidation sites excluding steroid dienone is 1. The standard InChI is InChI=1S/C20H29F2NO.2C19H27F2NO.C18H25F2NO/c1-20(2,3)23-19(24)16(10-14-6-4-5-7-14)9-8-15-11-17(21)13-18(22)12-15;1-12-7-15(12)10-14(18(23)22-19(2,3)4)6-5-13-8-16(20)11-17(21)9-13;1-19(2,3)22-18(23)15(9-13-5-4-6-13)8-7-14-10-16(20)12-17(21)11-14;1-12(2)8-14(17(22)21-18(3,4)5)7-6-13-9-15(19)11-16(20)10-13/h11-14,16H,4-10H2,1-3H3,(H,23,24);8-9,11-12,14-15H,5-7,10H2,1-4H3,(H,22,23);10-13,15H,4-9H2,1-3H3,(H,22,23);9-11,14H,1,6-8H2,2-5H3,(H,21,22). The number of amides is 4. The Morgan fingerprint density at radius 3 is 0.848 bits per heavy atom. The fraction of sp³-hybridized carbons (Fsp3) is 0.605. The van der Waals surface area contributed by atoms with E-state index >= 15 is 0 Å². The molecule has 0 saturated heterocycles. The van der Waals surface area contributed by atoms with Crippen LogP contribution in [0.1, 0.15) is 222 Å². The molecule has 0 heterocycles. The van der Waals surface area contributed by atoms with Gasteiger partial charge in [-0.15, -0.1) is 6.58 Å². The molecular formula is C76H108F8N4O4. The van der Waals surface area contributed by atoms with Gasteiger partial charge >= 0.3 is 0 Å².